The van der Waals surface area contributed by atoms with Gasteiger partial charge in [0.25, 0.3) is 0 Å². The summed E-state index contributed by atoms with van der Waals surface area (Å²) < 4.78 is 6.88. The number of hydrogen-bond acceptors (Lipinski definition) is 3. The van der Waals surface area contributed by atoms with Crippen LogP contribution in [0.3, 0.4) is 0 Å². The standard InChI is InChI=1S/C19H21BrN2O2/c1-2-19(23)22-15-8-6-14(7-9-15)21-17-4-3-11-24-18-12-13(20)5-10-16(17)18/h5-10,12,17,21H,2-4,11H2,1H3,(H,22,23). The topological polar surface area (TPSA) is 50.4 Å². The van der Waals surface area contributed by atoms with Gasteiger partial charge in [-0.05, 0) is 49.2 Å². The minimum atomic E-state index is 0.0242. The fraction of sp³-hybridized carbons (Fsp3) is 0.316. The van der Waals surface area contributed by atoms with Crippen LogP contribution in [0, 0.1) is 0 Å². The second-order valence-corrected chi connectivity index (χ2v) is 6.76. The van der Waals surface area contributed by atoms with Crippen LogP contribution in [0.15, 0.2) is 46.9 Å². The number of anilines is 2. The fourth-order valence-corrected chi connectivity index (χ4v) is 3.14. The molecule has 0 aliphatic carbocycles. The quantitative estimate of drug-likeness (QED) is 0.763. The van der Waals surface area contributed by atoms with Gasteiger partial charge in [-0.2, -0.15) is 0 Å². The molecule has 1 heterocycles. The monoisotopic (exact) mass is 388 g/mol. The van der Waals surface area contributed by atoms with Gasteiger partial charge in [-0.15, -0.1) is 0 Å². The van der Waals surface area contributed by atoms with E-state index in [0.29, 0.717) is 6.42 Å². The molecule has 0 spiro atoms. The van der Waals surface area contributed by atoms with E-state index in [4.69, 9.17) is 4.74 Å². The minimum Gasteiger partial charge on any atom is -0.493 e. The zero-order valence-corrected chi connectivity index (χ0v) is 15.2. The Balaban J connectivity index is 1.75. The van der Waals surface area contributed by atoms with Crippen molar-refractivity contribution in [2.45, 2.75) is 32.2 Å². The van der Waals surface area contributed by atoms with Crippen molar-refractivity contribution in [2.24, 2.45) is 0 Å². The summed E-state index contributed by atoms with van der Waals surface area (Å²) in [4.78, 5) is 11.4. The number of rotatable bonds is 4. The third-order valence-electron chi connectivity index (χ3n) is 4.08. The molecule has 2 aromatic carbocycles. The normalized spacial score (nSPS) is 16.5. The van der Waals surface area contributed by atoms with Gasteiger partial charge in [-0.1, -0.05) is 28.9 Å². The fourth-order valence-electron chi connectivity index (χ4n) is 2.80. The van der Waals surface area contributed by atoms with Crippen LogP contribution < -0.4 is 15.4 Å². The van der Waals surface area contributed by atoms with Gasteiger partial charge >= 0.3 is 0 Å². The highest BCUT2D eigenvalue weighted by Gasteiger charge is 2.19. The Hall–Kier alpha value is -2.01. The minimum absolute atomic E-state index is 0.0242. The average molecular weight is 389 g/mol. The van der Waals surface area contributed by atoms with Gasteiger partial charge in [0.2, 0.25) is 5.91 Å². The summed E-state index contributed by atoms with van der Waals surface area (Å²) >= 11 is 3.50. The van der Waals surface area contributed by atoms with Crippen LogP contribution in [0.2, 0.25) is 0 Å². The Morgan fingerprint density at radius 2 is 1.96 bits per heavy atom. The Morgan fingerprint density at radius 1 is 1.21 bits per heavy atom. The maximum Gasteiger partial charge on any atom is 0.224 e. The summed E-state index contributed by atoms with van der Waals surface area (Å²) in [6, 6.07) is 14.2. The van der Waals surface area contributed by atoms with E-state index in [-0.39, 0.29) is 11.9 Å². The van der Waals surface area contributed by atoms with Gasteiger partial charge in [-0.3, -0.25) is 4.79 Å². The number of halogens is 1. The molecule has 2 aromatic rings. The predicted molar refractivity (Wildman–Crippen MR) is 101 cm³/mol. The first-order valence-electron chi connectivity index (χ1n) is 8.24. The molecule has 1 atom stereocenters. The largest absolute Gasteiger partial charge is 0.493 e. The van der Waals surface area contributed by atoms with Crippen molar-refractivity contribution >= 4 is 33.2 Å². The van der Waals surface area contributed by atoms with Crippen LogP contribution in [0.25, 0.3) is 0 Å². The van der Waals surface area contributed by atoms with Crippen molar-refractivity contribution in [1.29, 1.82) is 0 Å². The summed E-state index contributed by atoms with van der Waals surface area (Å²) in [5, 5.41) is 6.45. The molecule has 0 bridgehead atoms. The predicted octanol–water partition coefficient (Wildman–Crippen LogP) is 5.12. The molecule has 24 heavy (non-hydrogen) atoms. The lowest BCUT2D eigenvalue weighted by Crippen LogP contribution is -2.11. The summed E-state index contributed by atoms with van der Waals surface area (Å²) in [5.41, 5.74) is 3.03. The van der Waals surface area contributed by atoms with Crippen molar-refractivity contribution in [1.82, 2.24) is 0 Å². The maximum absolute atomic E-state index is 11.4. The van der Waals surface area contributed by atoms with Crippen molar-refractivity contribution in [3.05, 3.63) is 52.5 Å². The van der Waals surface area contributed by atoms with E-state index < -0.39 is 0 Å². The Morgan fingerprint density at radius 3 is 2.71 bits per heavy atom. The first kappa shape index (κ1) is 16.8. The highest BCUT2D eigenvalue weighted by Crippen LogP contribution is 2.35. The zero-order valence-electron chi connectivity index (χ0n) is 13.6. The molecule has 4 nitrogen and oxygen atoms in total. The van der Waals surface area contributed by atoms with Crippen LogP contribution in [0.1, 0.15) is 37.8 Å². The molecule has 1 aliphatic rings. The molecule has 1 aliphatic heterocycles. The molecule has 1 unspecified atom stereocenters. The van der Waals surface area contributed by atoms with Gasteiger partial charge in [0.15, 0.2) is 0 Å². The SMILES string of the molecule is CCC(=O)Nc1ccc(NC2CCCOc3cc(Br)ccc32)cc1. The number of carbonyl (C=O) groups excluding carboxylic acids is 1. The lowest BCUT2D eigenvalue weighted by Gasteiger charge is -2.20. The second kappa shape index (κ2) is 7.71. The van der Waals surface area contributed by atoms with Crippen molar-refractivity contribution in [3.8, 4) is 5.75 Å². The number of amides is 1. The molecule has 0 fully saturated rings. The van der Waals surface area contributed by atoms with Gasteiger partial charge in [0.1, 0.15) is 5.75 Å². The van der Waals surface area contributed by atoms with Crippen LogP contribution in [0.4, 0.5) is 11.4 Å². The van der Waals surface area contributed by atoms with E-state index in [9.17, 15) is 4.79 Å². The van der Waals surface area contributed by atoms with E-state index in [0.717, 1.165) is 41.0 Å². The average Bonchev–Trinajstić information content (AvgIpc) is 2.78. The summed E-state index contributed by atoms with van der Waals surface area (Å²) in [7, 11) is 0. The molecule has 5 heteroatoms. The Labute approximate surface area is 150 Å². The second-order valence-electron chi connectivity index (χ2n) is 5.85. The number of nitrogens with one attached hydrogen (secondary N) is 2. The molecule has 0 radical (unpaired) electrons. The highest BCUT2D eigenvalue weighted by atomic mass is 79.9. The first-order chi connectivity index (χ1) is 11.7. The van der Waals surface area contributed by atoms with Crippen LogP contribution in [-0.2, 0) is 4.79 Å². The van der Waals surface area contributed by atoms with Gasteiger partial charge in [0.05, 0.1) is 12.6 Å². The van der Waals surface area contributed by atoms with Crippen molar-refractivity contribution < 1.29 is 9.53 Å². The van der Waals surface area contributed by atoms with Gasteiger partial charge in [-0.25, -0.2) is 0 Å². The lowest BCUT2D eigenvalue weighted by atomic mass is 10.0. The molecule has 0 saturated carbocycles. The lowest BCUT2D eigenvalue weighted by molar-refractivity contribution is -0.115. The number of carbonyl (C=O) groups is 1. The Bertz CT molecular complexity index is 716. The van der Waals surface area contributed by atoms with Crippen LogP contribution in [0.5, 0.6) is 5.75 Å². The van der Waals surface area contributed by atoms with E-state index in [2.05, 4.69) is 32.6 Å². The molecule has 3 rings (SSSR count). The van der Waals surface area contributed by atoms with Gasteiger partial charge < -0.3 is 15.4 Å². The third kappa shape index (κ3) is 4.09. The maximum atomic E-state index is 11.4. The van der Waals surface area contributed by atoms with Gasteiger partial charge in [0, 0.05) is 27.8 Å². The number of fused-ring (bicyclic) bond motifs is 1. The van der Waals surface area contributed by atoms with E-state index in [1.54, 1.807) is 0 Å². The van der Waals surface area contributed by atoms with Crippen LogP contribution >= 0.6 is 15.9 Å². The molecular weight excluding hydrogens is 368 g/mol. The van der Waals surface area contributed by atoms with Crippen molar-refractivity contribution in [3.63, 3.8) is 0 Å². The zero-order chi connectivity index (χ0) is 16.9. The summed E-state index contributed by atoms with van der Waals surface area (Å²) in [6.07, 6.45) is 2.51. The smallest absolute Gasteiger partial charge is 0.224 e. The number of hydrogen-bond donors (Lipinski definition) is 2. The van der Waals surface area contributed by atoms with E-state index >= 15 is 0 Å². The molecule has 0 saturated heterocycles. The highest BCUT2D eigenvalue weighted by molar-refractivity contribution is 9.10. The molecule has 2 N–H and O–H groups in total. The van der Waals surface area contributed by atoms with E-state index in [1.807, 2.05) is 43.3 Å². The third-order valence-corrected chi connectivity index (χ3v) is 4.57. The van der Waals surface area contributed by atoms with E-state index in [1.165, 1.54) is 5.56 Å². The Kier molecular flexibility index (Phi) is 5.41. The summed E-state index contributed by atoms with van der Waals surface area (Å²) in [6.45, 7) is 2.58. The molecule has 1 amide bonds. The van der Waals surface area contributed by atoms with Crippen LogP contribution in [-0.4, -0.2) is 12.5 Å². The molecule has 0 aromatic heterocycles. The number of benzene rings is 2. The number of ether oxygens (including phenoxy) is 1. The first-order valence-corrected chi connectivity index (χ1v) is 9.03. The molecule has 126 valence electrons. The molecular formula is C19H21BrN2O2. The summed E-state index contributed by atoms with van der Waals surface area (Å²) in [5.74, 6) is 0.960. The van der Waals surface area contributed by atoms with Crippen molar-refractivity contribution in [2.75, 3.05) is 17.2 Å².